The molecule has 258 valence electrons. The standard InChI is InChI=1S/C36H53N5O6/c1-20-28-16-25(36(28,3)4)17-29(20)38-34(43)32-31(21(2)42)30(18-37)47-41(32)19-22-11-10-12-27(33(22)45-8)23-13-24(35(44)40(7)46-9)15-26(14-23)39(5)6/h10-15,20-21,25,28-32,42H,16-19,37H2,1-9H3,(H,38,43)/t20-,21-,25+,28-,29-,30-,31+,32-/m0/s1. The van der Waals surface area contributed by atoms with E-state index in [0.29, 0.717) is 34.5 Å². The number of carbonyl (C=O) groups is 2. The summed E-state index contributed by atoms with van der Waals surface area (Å²) in [5.74, 6) is 1.19. The summed E-state index contributed by atoms with van der Waals surface area (Å²) in [4.78, 5) is 40.7. The Bertz CT molecular complexity index is 1460. The molecule has 0 unspecified atom stereocenters. The molecule has 1 heterocycles. The van der Waals surface area contributed by atoms with Crippen LogP contribution in [0.25, 0.3) is 11.1 Å². The van der Waals surface area contributed by atoms with E-state index in [9.17, 15) is 14.7 Å². The fourth-order valence-corrected chi connectivity index (χ4v) is 8.29. The van der Waals surface area contributed by atoms with E-state index >= 15 is 0 Å². The molecule has 0 spiro atoms. The van der Waals surface area contributed by atoms with E-state index in [4.69, 9.17) is 20.1 Å². The first-order valence-electron chi connectivity index (χ1n) is 16.7. The first-order valence-corrected chi connectivity index (χ1v) is 16.7. The number of amides is 2. The number of rotatable bonds is 11. The zero-order valence-corrected chi connectivity index (χ0v) is 29.3. The number of ether oxygens (including phenoxy) is 1. The van der Waals surface area contributed by atoms with E-state index in [0.717, 1.165) is 28.8 Å². The number of carbonyl (C=O) groups excluding carboxylic acids is 2. The number of fused-ring (bicyclic) bond motifs is 2. The molecule has 3 aliphatic carbocycles. The smallest absolute Gasteiger partial charge is 0.277 e. The topological polar surface area (TPSA) is 130 Å². The molecular formula is C36H53N5O6. The number of benzene rings is 2. The number of aliphatic hydroxyl groups is 1. The van der Waals surface area contributed by atoms with E-state index < -0.39 is 24.2 Å². The second kappa shape index (κ2) is 13.7. The van der Waals surface area contributed by atoms with Crippen molar-refractivity contribution in [1.82, 2.24) is 15.4 Å². The number of hydrogen-bond acceptors (Lipinski definition) is 9. The maximum atomic E-state index is 14.2. The van der Waals surface area contributed by atoms with Crippen LogP contribution in [0.1, 0.15) is 56.5 Å². The fourth-order valence-electron chi connectivity index (χ4n) is 8.29. The summed E-state index contributed by atoms with van der Waals surface area (Å²) in [5.41, 5.74) is 10.1. The van der Waals surface area contributed by atoms with Gasteiger partial charge in [0.15, 0.2) is 0 Å². The van der Waals surface area contributed by atoms with Crippen molar-refractivity contribution in [2.75, 3.05) is 46.8 Å². The summed E-state index contributed by atoms with van der Waals surface area (Å²) in [7, 11) is 8.46. The van der Waals surface area contributed by atoms with Gasteiger partial charge in [-0.05, 0) is 66.7 Å². The summed E-state index contributed by atoms with van der Waals surface area (Å²) >= 11 is 0. The maximum absolute atomic E-state index is 14.2. The first-order chi connectivity index (χ1) is 22.2. The number of anilines is 1. The van der Waals surface area contributed by atoms with Crippen LogP contribution in [0.5, 0.6) is 5.75 Å². The van der Waals surface area contributed by atoms with Crippen LogP contribution in [0.4, 0.5) is 5.69 Å². The Hall–Kier alpha value is -3.22. The van der Waals surface area contributed by atoms with Gasteiger partial charge in [0.2, 0.25) is 5.91 Å². The minimum absolute atomic E-state index is 0.0728. The molecular weight excluding hydrogens is 598 g/mol. The Kier molecular flexibility index (Phi) is 10.2. The number of hydrogen-bond donors (Lipinski definition) is 3. The second-order valence-electron chi connectivity index (χ2n) is 14.4. The van der Waals surface area contributed by atoms with Crippen LogP contribution in [0.2, 0.25) is 0 Å². The highest BCUT2D eigenvalue weighted by molar-refractivity contribution is 5.96. The van der Waals surface area contributed by atoms with Gasteiger partial charge in [-0.2, -0.15) is 5.06 Å². The lowest BCUT2D eigenvalue weighted by Gasteiger charge is -2.62. The summed E-state index contributed by atoms with van der Waals surface area (Å²) in [5, 5.41) is 17.1. The maximum Gasteiger partial charge on any atom is 0.277 e. The van der Waals surface area contributed by atoms with Crippen LogP contribution in [0.3, 0.4) is 0 Å². The zero-order valence-electron chi connectivity index (χ0n) is 29.3. The number of hydroxylamine groups is 4. The Morgan fingerprint density at radius 2 is 1.89 bits per heavy atom. The van der Waals surface area contributed by atoms with Crippen molar-refractivity contribution in [3.05, 3.63) is 47.5 Å². The van der Waals surface area contributed by atoms with Gasteiger partial charge in [0.1, 0.15) is 11.8 Å². The minimum atomic E-state index is -0.816. The van der Waals surface area contributed by atoms with Crippen LogP contribution in [0.15, 0.2) is 36.4 Å². The molecule has 6 rings (SSSR count). The number of nitrogens with one attached hydrogen (secondary N) is 1. The highest BCUT2D eigenvalue weighted by Gasteiger charge is 2.57. The van der Waals surface area contributed by atoms with Crippen molar-refractivity contribution in [3.63, 3.8) is 0 Å². The van der Waals surface area contributed by atoms with E-state index in [1.807, 2.05) is 55.4 Å². The van der Waals surface area contributed by atoms with E-state index in [1.165, 1.54) is 18.6 Å². The third-order valence-corrected chi connectivity index (χ3v) is 11.3. The van der Waals surface area contributed by atoms with E-state index in [1.54, 1.807) is 26.1 Å². The normalized spacial score (nSPS) is 28.7. The number of nitrogens with zero attached hydrogens (tertiary/aromatic N) is 3. The fraction of sp³-hybridized carbons (Fsp3) is 0.611. The SMILES string of the molecule is COc1c(CN2O[C@@H](CN)[C@@H]([C@H](C)O)[C@H]2C(=O)N[C@H]2C[C@H]3C[C@@H]([C@@H]2C)C3(C)C)cccc1-c1cc(C(=O)N(C)OC)cc(N(C)C)c1. The van der Waals surface area contributed by atoms with E-state index in [-0.39, 0.29) is 30.9 Å². The van der Waals surface area contributed by atoms with Crippen molar-refractivity contribution >= 4 is 17.5 Å². The minimum Gasteiger partial charge on any atom is -0.496 e. The summed E-state index contributed by atoms with van der Waals surface area (Å²) in [6.45, 7) is 9.02. The molecule has 0 radical (unpaired) electrons. The molecule has 2 aromatic carbocycles. The number of methoxy groups -OCH3 is 1. The van der Waals surface area contributed by atoms with Crippen molar-refractivity contribution in [1.29, 1.82) is 0 Å². The molecule has 11 heteroatoms. The molecule has 4 aliphatic rings. The highest BCUT2D eigenvalue weighted by Crippen LogP contribution is 2.61. The van der Waals surface area contributed by atoms with Crippen LogP contribution in [-0.2, 0) is 21.0 Å². The number of para-hydroxylation sites is 1. The Balaban J connectivity index is 1.47. The number of nitrogens with two attached hydrogens (primary N) is 1. The molecule has 2 bridgehead atoms. The lowest BCUT2D eigenvalue weighted by molar-refractivity contribution is -0.175. The Morgan fingerprint density at radius 1 is 1.17 bits per heavy atom. The van der Waals surface area contributed by atoms with Crippen LogP contribution >= 0.6 is 0 Å². The molecule has 4 fully saturated rings. The molecule has 3 saturated carbocycles. The molecule has 0 aromatic heterocycles. The zero-order chi connectivity index (χ0) is 34.4. The van der Waals surface area contributed by atoms with Gasteiger partial charge in [-0.3, -0.25) is 19.3 Å². The van der Waals surface area contributed by atoms with Gasteiger partial charge in [0.05, 0.1) is 33.0 Å². The van der Waals surface area contributed by atoms with Gasteiger partial charge >= 0.3 is 0 Å². The summed E-state index contributed by atoms with van der Waals surface area (Å²) in [6.07, 6.45) is 0.829. The predicted octanol–water partition coefficient (Wildman–Crippen LogP) is 3.69. The van der Waals surface area contributed by atoms with Crippen molar-refractivity contribution in [2.24, 2.45) is 34.8 Å². The predicted molar refractivity (Wildman–Crippen MR) is 181 cm³/mol. The van der Waals surface area contributed by atoms with Gasteiger partial charge < -0.3 is 25.8 Å². The highest BCUT2D eigenvalue weighted by atomic mass is 16.7. The van der Waals surface area contributed by atoms with Gasteiger partial charge in [-0.25, -0.2) is 5.06 Å². The van der Waals surface area contributed by atoms with Crippen LogP contribution in [-0.4, -0.2) is 93.2 Å². The van der Waals surface area contributed by atoms with E-state index in [2.05, 4.69) is 26.1 Å². The molecule has 2 amide bonds. The molecule has 1 saturated heterocycles. The largest absolute Gasteiger partial charge is 0.496 e. The molecule has 1 aliphatic heterocycles. The summed E-state index contributed by atoms with van der Waals surface area (Å²) < 4.78 is 6.01. The molecule has 8 atom stereocenters. The average Bonchev–Trinajstić information content (AvgIpc) is 3.42. The van der Waals surface area contributed by atoms with Gasteiger partial charge in [0.25, 0.3) is 5.91 Å². The van der Waals surface area contributed by atoms with Gasteiger partial charge in [0, 0.05) is 62.0 Å². The lowest BCUT2D eigenvalue weighted by Crippen LogP contribution is -2.62. The first kappa shape index (κ1) is 35.1. The monoisotopic (exact) mass is 651 g/mol. The Morgan fingerprint density at radius 3 is 2.47 bits per heavy atom. The average molecular weight is 652 g/mol. The number of aliphatic hydroxyl groups excluding tert-OH is 1. The van der Waals surface area contributed by atoms with Gasteiger partial charge in [-0.15, -0.1) is 0 Å². The molecule has 47 heavy (non-hydrogen) atoms. The van der Waals surface area contributed by atoms with Gasteiger partial charge in [-0.1, -0.05) is 39.0 Å². The van der Waals surface area contributed by atoms with Crippen molar-refractivity contribution < 1.29 is 29.1 Å². The third kappa shape index (κ3) is 6.48. The lowest BCUT2D eigenvalue weighted by atomic mass is 9.45. The molecule has 2 aromatic rings. The van der Waals surface area contributed by atoms with Crippen molar-refractivity contribution in [2.45, 2.75) is 71.4 Å². The summed E-state index contributed by atoms with van der Waals surface area (Å²) in [6, 6.07) is 10.8. The second-order valence-corrected chi connectivity index (χ2v) is 14.4. The molecule has 4 N–H and O–H groups in total. The van der Waals surface area contributed by atoms with Crippen molar-refractivity contribution in [3.8, 4) is 16.9 Å². The Labute approximate surface area is 279 Å². The molecule has 11 nitrogen and oxygen atoms in total. The quantitative estimate of drug-likeness (QED) is 0.312. The third-order valence-electron chi connectivity index (χ3n) is 11.3. The van der Waals surface area contributed by atoms with Crippen LogP contribution < -0.4 is 20.7 Å². The van der Waals surface area contributed by atoms with Crippen LogP contribution in [0, 0.1) is 29.1 Å².